The highest BCUT2D eigenvalue weighted by atomic mass is 32.2. The van der Waals surface area contributed by atoms with E-state index in [0.717, 1.165) is 18.2 Å². The topological polar surface area (TPSA) is 97.7 Å². The van der Waals surface area contributed by atoms with Gasteiger partial charge in [0, 0.05) is 17.8 Å². The summed E-state index contributed by atoms with van der Waals surface area (Å²) in [6.45, 7) is 0. The molecule has 0 unspecified atom stereocenters. The van der Waals surface area contributed by atoms with E-state index in [2.05, 4.69) is 4.72 Å². The van der Waals surface area contributed by atoms with Gasteiger partial charge in [-0.25, -0.2) is 12.8 Å². The molecule has 1 N–H and O–H groups in total. The van der Waals surface area contributed by atoms with Crippen LogP contribution in [0, 0.1) is 17.1 Å². The highest BCUT2D eigenvalue weighted by molar-refractivity contribution is 7.96. The van der Waals surface area contributed by atoms with Gasteiger partial charge in [-0.2, -0.15) is 5.26 Å². The zero-order valence-electron chi connectivity index (χ0n) is 14.8. The summed E-state index contributed by atoms with van der Waals surface area (Å²) in [7, 11) is 0.0263. The molecule has 27 heavy (non-hydrogen) atoms. The standard InChI is InChI=1S/C18H17FN2O5S/c1-24-14-8-17(25-2)16(18(9-14)26-3)10-15(11-20)27(22,23)21-13-6-4-12(19)5-7-13/h4-10,21H,1-3H3/b15-10-. The summed E-state index contributed by atoms with van der Waals surface area (Å²) in [6, 6.07) is 9.40. The van der Waals surface area contributed by atoms with Crippen molar-refractivity contribution < 1.29 is 27.0 Å². The number of hydrogen-bond acceptors (Lipinski definition) is 6. The van der Waals surface area contributed by atoms with Crippen LogP contribution in [0.4, 0.5) is 10.1 Å². The molecule has 9 heteroatoms. The Kier molecular flexibility index (Phi) is 6.26. The molecular weight excluding hydrogens is 375 g/mol. The number of benzene rings is 2. The van der Waals surface area contributed by atoms with Crippen LogP contribution in [-0.4, -0.2) is 29.7 Å². The first-order valence-electron chi connectivity index (χ1n) is 7.54. The Bertz CT molecular complexity index is 970. The summed E-state index contributed by atoms with van der Waals surface area (Å²) in [5.41, 5.74) is 0.369. The van der Waals surface area contributed by atoms with E-state index in [9.17, 15) is 18.1 Å². The SMILES string of the molecule is COc1cc(OC)c(/C=C(/C#N)S(=O)(=O)Nc2ccc(F)cc2)c(OC)c1. The van der Waals surface area contributed by atoms with Crippen molar-refractivity contribution in [2.24, 2.45) is 0 Å². The van der Waals surface area contributed by atoms with Crippen molar-refractivity contribution in [2.45, 2.75) is 0 Å². The van der Waals surface area contributed by atoms with Gasteiger partial charge in [-0.1, -0.05) is 0 Å². The smallest absolute Gasteiger partial charge is 0.272 e. The minimum atomic E-state index is -4.22. The van der Waals surface area contributed by atoms with E-state index in [1.165, 1.54) is 45.6 Å². The number of hydrogen-bond donors (Lipinski definition) is 1. The molecule has 7 nitrogen and oxygen atoms in total. The normalized spacial score (nSPS) is 11.4. The van der Waals surface area contributed by atoms with Crippen molar-refractivity contribution in [3.8, 4) is 23.3 Å². The van der Waals surface area contributed by atoms with E-state index in [-0.39, 0.29) is 22.7 Å². The lowest BCUT2D eigenvalue weighted by molar-refractivity contribution is 0.374. The van der Waals surface area contributed by atoms with E-state index >= 15 is 0 Å². The highest BCUT2D eigenvalue weighted by Crippen LogP contribution is 2.36. The Labute approximate surface area is 156 Å². The Morgan fingerprint density at radius 2 is 1.63 bits per heavy atom. The first-order chi connectivity index (χ1) is 12.8. The lowest BCUT2D eigenvalue weighted by Gasteiger charge is -2.13. The summed E-state index contributed by atoms with van der Waals surface area (Å²) in [5, 5.41) is 9.37. The molecule has 0 bridgehead atoms. The molecule has 0 atom stereocenters. The molecule has 0 amide bonds. The van der Waals surface area contributed by atoms with Crippen molar-refractivity contribution >= 4 is 21.8 Å². The molecule has 0 spiro atoms. The fourth-order valence-corrected chi connectivity index (χ4v) is 3.15. The monoisotopic (exact) mass is 392 g/mol. The molecule has 0 fully saturated rings. The van der Waals surface area contributed by atoms with Gasteiger partial charge in [-0.3, -0.25) is 4.72 Å². The maximum atomic E-state index is 13.0. The molecule has 2 aromatic rings. The van der Waals surface area contributed by atoms with Gasteiger partial charge in [-0.05, 0) is 30.3 Å². The van der Waals surface area contributed by atoms with Crippen LogP contribution in [0.3, 0.4) is 0 Å². The quantitative estimate of drug-likeness (QED) is 0.727. The second kappa shape index (κ2) is 8.42. The third-order valence-electron chi connectivity index (χ3n) is 3.52. The number of nitrogens with zero attached hydrogens (tertiary/aromatic N) is 1. The molecule has 0 saturated heterocycles. The molecule has 0 saturated carbocycles. The zero-order chi connectivity index (χ0) is 20.0. The van der Waals surface area contributed by atoms with Crippen LogP contribution in [0.1, 0.15) is 5.56 Å². The first-order valence-corrected chi connectivity index (χ1v) is 9.03. The van der Waals surface area contributed by atoms with Crippen LogP contribution in [-0.2, 0) is 10.0 Å². The van der Waals surface area contributed by atoms with Crippen molar-refractivity contribution in [3.05, 3.63) is 52.7 Å². The van der Waals surface area contributed by atoms with Gasteiger partial charge in [0.05, 0.1) is 26.9 Å². The van der Waals surface area contributed by atoms with Crippen molar-refractivity contribution in [3.63, 3.8) is 0 Å². The minimum Gasteiger partial charge on any atom is -0.496 e. The average molecular weight is 392 g/mol. The summed E-state index contributed by atoms with van der Waals surface area (Å²) in [5.74, 6) is 0.445. The fraction of sp³-hybridized carbons (Fsp3) is 0.167. The molecular formula is C18H17FN2O5S. The number of anilines is 1. The summed E-state index contributed by atoms with van der Waals surface area (Å²) < 4.78 is 55.9. The van der Waals surface area contributed by atoms with Gasteiger partial charge >= 0.3 is 0 Å². The van der Waals surface area contributed by atoms with Gasteiger partial charge in [0.1, 0.15) is 29.1 Å². The van der Waals surface area contributed by atoms with Crippen LogP contribution in [0.25, 0.3) is 6.08 Å². The Morgan fingerprint density at radius 1 is 1.07 bits per heavy atom. The second-order valence-electron chi connectivity index (χ2n) is 5.18. The van der Waals surface area contributed by atoms with Crippen LogP contribution < -0.4 is 18.9 Å². The van der Waals surface area contributed by atoms with Crippen LogP contribution >= 0.6 is 0 Å². The maximum absolute atomic E-state index is 13.0. The molecule has 142 valence electrons. The van der Waals surface area contributed by atoms with Crippen molar-refractivity contribution in [2.75, 3.05) is 26.1 Å². The van der Waals surface area contributed by atoms with Crippen LogP contribution in [0.5, 0.6) is 17.2 Å². The minimum absolute atomic E-state index is 0.117. The highest BCUT2D eigenvalue weighted by Gasteiger charge is 2.21. The van der Waals surface area contributed by atoms with Gasteiger partial charge in [0.25, 0.3) is 10.0 Å². The zero-order valence-corrected chi connectivity index (χ0v) is 15.6. The molecule has 0 aliphatic carbocycles. The Balaban J connectivity index is 2.51. The number of nitrogens with one attached hydrogen (secondary N) is 1. The van der Waals surface area contributed by atoms with E-state index in [0.29, 0.717) is 5.75 Å². The number of nitriles is 1. The van der Waals surface area contributed by atoms with Crippen molar-refractivity contribution in [1.29, 1.82) is 5.26 Å². The predicted molar refractivity (Wildman–Crippen MR) is 98.6 cm³/mol. The first kappa shape index (κ1) is 20.1. The molecule has 2 rings (SSSR count). The third-order valence-corrected chi connectivity index (χ3v) is 4.82. The lowest BCUT2D eigenvalue weighted by atomic mass is 10.1. The molecule has 2 aromatic carbocycles. The fourth-order valence-electron chi connectivity index (χ4n) is 2.20. The lowest BCUT2D eigenvalue weighted by Crippen LogP contribution is -2.14. The number of allylic oxidation sites excluding steroid dienone is 1. The van der Waals surface area contributed by atoms with Gasteiger partial charge in [0.2, 0.25) is 0 Å². The van der Waals surface area contributed by atoms with Gasteiger partial charge in [0.15, 0.2) is 4.91 Å². The van der Waals surface area contributed by atoms with E-state index in [1.807, 2.05) is 0 Å². The molecule has 0 aliphatic rings. The van der Waals surface area contributed by atoms with E-state index < -0.39 is 20.7 Å². The predicted octanol–water partition coefficient (Wildman–Crippen LogP) is 3.16. The van der Waals surface area contributed by atoms with E-state index in [1.54, 1.807) is 6.07 Å². The molecule has 0 radical (unpaired) electrons. The second-order valence-corrected chi connectivity index (χ2v) is 6.83. The average Bonchev–Trinajstić information content (AvgIpc) is 2.66. The maximum Gasteiger partial charge on any atom is 0.272 e. The Hall–Kier alpha value is -3.25. The molecule has 0 aromatic heterocycles. The summed E-state index contributed by atoms with van der Waals surface area (Å²) in [6.07, 6.45) is 1.13. The molecule has 0 aliphatic heterocycles. The van der Waals surface area contributed by atoms with Gasteiger partial charge < -0.3 is 14.2 Å². The summed E-state index contributed by atoms with van der Waals surface area (Å²) >= 11 is 0. The number of rotatable bonds is 7. The largest absolute Gasteiger partial charge is 0.496 e. The van der Waals surface area contributed by atoms with Crippen LogP contribution in [0.2, 0.25) is 0 Å². The van der Waals surface area contributed by atoms with Crippen molar-refractivity contribution in [1.82, 2.24) is 0 Å². The molecule has 0 heterocycles. The number of ether oxygens (including phenoxy) is 3. The van der Waals surface area contributed by atoms with E-state index in [4.69, 9.17) is 14.2 Å². The van der Waals surface area contributed by atoms with Crippen LogP contribution in [0.15, 0.2) is 41.3 Å². The summed E-state index contributed by atoms with van der Waals surface area (Å²) in [4.78, 5) is -0.575. The number of methoxy groups -OCH3 is 3. The number of sulfonamides is 1. The number of halogens is 1. The Morgan fingerprint density at radius 3 is 2.07 bits per heavy atom. The van der Waals surface area contributed by atoms with Gasteiger partial charge in [-0.15, -0.1) is 0 Å². The third kappa shape index (κ3) is 4.68.